The molecule has 1 saturated heterocycles. The molecule has 4 heterocycles. The Morgan fingerprint density at radius 1 is 1.13 bits per heavy atom. The van der Waals surface area contributed by atoms with Gasteiger partial charge in [-0.05, 0) is 49.4 Å². The fourth-order valence-electron chi connectivity index (χ4n) is 3.94. The van der Waals surface area contributed by atoms with Gasteiger partial charge in [0.2, 0.25) is 0 Å². The number of amides is 2. The maximum Gasteiger partial charge on any atom is 0.264 e. The minimum absolute atomic E-state index is 0.0310. The molecule has 1 aliphatic rings. The Kier molecular flexibility index (Phi) is 5.33. The van der Waals surface area contributed by atoms with Crippen molar-refractivity contribution in [3.8, 4) is 5.69 Å². The zero-order valence-corrected chi connectivity index (χ0v) is 18.7. The van der Waals surface area contributed by atoms with E-state index in [0.29, 0.717) is 18.7 Å². The zero-order chi connectivity index (χ0) is 21.4. The highest BCUT2D eigenvalue weighted by Gasteiger charge is 2.27. The summed E-state index contributed by atoms with van der Waals surface area (Å²) in [6.07, 6.45) is 1.53. The van der Waals surface area contributed by atoms with Gasteiger partial charge in [0.15, 0.2) is 0 Å². The third-order valence-corrected chi connectivity index (χ3v) is 7.44. The van der Waals surface area contributed by atoms with E-state index < -0.39 is 0 Å². The predicted octanol–water partition coefficient (Wildman–Crippen LogP) is 4.49. The van der Waals surface area contributed by atoms with E-state index in [1.54, 1.807) is 0 Å². The number of piperidine rings is 1. The van der Waals surface area contributed by atoms with Gasteiger partial charge in [0.25, 0.3) is 11.8 Å². The second kappa shape index (κ2) is 8.28. The number of nitrogens with zero attached hydrogens (tertiary/aromatic N) is 3. The van der Waals surface area contributed by atoms with Crippen molar-refractivity contribution in [2.24, 2.45) is 0 Å². The number of nitrogens with one attached hydrogen (secondary N) is 1. The SMILES string of the molecule is Cc1nn(-c2ccccc2)c2sc(C(=O)N3CCC(NC(=O)c4ccsc4)CC3)cc12. The second-order valence-corrected chi connectivity index (χ2v) is 9.52. The highest BCUT2D eigenvalue weighted by molar-refractivity contribution is 7.20. The number of likely N-dealkylation sites (tertiary alicyclic amines) is 1. The van der Waals surface area contributed by atoms with Gasteiger partial charge in [-0.15, -0.1) is 11.3 Å². The van der Waals surface area contributed by atoms with Crippen LogP contribution in [0.3, 0.4) is 0 Å². The third kappa shape index (κ3) is 3.88. The number of fused-ring (bicyclic) bond motifs is 1. The summed E-state index contributed by atoms with van der Waals surface area (Å²) in [4.78, 5) is 29.1. The number of benzene rings is 1. The average molecular weight is 451 g/mol. The van der Waals surface area contributed by atoms with Crippen molar-refractivity contribution in [3.05, 3.63) is 69.4 Å². The van der Waals surface area contributed by atoms with E-state index in [9.17, 15) is 9.59 Å². The Labute approximate surface area is 188 Å². The Bertz CT molecular complexity index is 1220. The second-order valence-electron chi connectivity index (χ2n) is 7.71. The summed E-state index contributed by atoms with van der Waals surface area (Å²) >= 11 is 3.01. The van der Waals surface area contributed by atoms with Crippen molar-refractivity contribution in [2.75, 3.05) is 13.1 Å². The molecule has 0 unspecified atom stereocenters. The first-order valence-electron chi connectivity index (χ1n) is 10.3. The normalized spacial score (nSPS) is 14.8. The fourth-order valence-corrected chi connectivity index (χ4v) is 5.73. The van der Waals surface area contributed by atoms with E-state index in [1.165, 1.54) is 22.7 Å². The minimum atomic E-state index is -0.0310. The lowest BCUT2D eigenvalue weighted by atomic mass is 10.0. The van der Waals surface area contributed by atoms with Crippen molar-refractivity contribution in [2.45, 2.75) is 25.8 Å². The zero-order valence-electron chi connectivity index (χ0n) is 17.1. The van der Waals surface area contributed by atoms with Crippen LogP contribution in [0.4, 0.5) is 0 Å². The van der Waals surface area contributed by atoms with E-state index in [0.717, 1.165) is 39.3 Å². The van der Waals surface area contributed by atoms with Gasteiger partial charge >= 0.3 is 0 Å². The molecule has 31 heavy (non-hydrogen) atoms. The van der Waals surface area contributed by atoms with Crippen LogP contribution in [-0.2, 0) is 0 Å². The number of rotatable bonds is 4. The first-order chi connectivity index (χ1) is 15.1. The lowest BCUT2D eigenvalue weighted by molar-refractivity contribution is 0.0703. The van der Waals surface area contributed by atoms with Gasteiger partial charge in [0, 0.05) is 35.5 Å². The molecule has 0 bridgehead atoms. The van der Waals surface area contributed by atoms with Gasteiger partial charge < -0.3 is 10.2 Å². The number of para-hydroxylation sites is 1. The van der Waals surface area contributed by atoms with E-state index >= 15 is 0 Å². The number of hydrogen-bond acceptors (Lipinski definition) is 5. The third-order valence-electron chi connectivity index (χ3n) is 5.66. The van der Waals surface area contributed by atoms with E-state index in [4.69, 9.17) is 0 Å². The van der Waals surface area contributed by atoms with Crippen LogP contribution in [0.25, 0.3) is 15.9 Å². The van der Waals surface area contributed by atoms with Crippen molar-refractivity contribution in [1.29, 1.82) is 0 Å². The molecule has 1 N–H and O–H groups in total. The Morgan fingerprint density at radius 2 is 1.90 bits per heavy atom. The quantitative estimate of drug-likeness (QED) is 0.498. The molecule has 2 amide bonds. The number of hydrogen-bond donors (Lipinski definition) is 1. The van der Waals surface area contributed by atoms with E-state index in [-0.39, 0.29) is 17.9 Å². The number of thiophene rings is 2. The molecule has 5 rings (SSSR count). The predicted molar refractivity (Wildman–Crippen MR) is 124 cm³/mol. The summed E-state index contributed by atoms with van der Waals surface area (Å²) < 4.78 is 1.91. The monoisotopic (exact) mass is 450 g/mol. The molecule has 0 atom stereocenters. The molecule has 0 spiro atoms. The van der Waals surface area contributed by atoms with Gasteiger partial charge in [-0.2, -0.15) is 16.4 Å². The van der Waals surface area contributed by atoms with Crippen LogP contribution >= 0.6 is 22.7 Å². The summed E-state index contributed by atoms with van der Waals surface area (Å²) in [5.74, 6) is 0.0271. The van der Waals surface area contributed by atoms with Crippen LogP contribution in [0.5, 0.6) is 0 Å². The van der Waals surface area contributed by atoms with Gasteiger partial charge in [-0.3, -0.25) is 9.59 Å². The Balaban J connectivity index is 1.28. The lowest BCUT2D eigenvalue weighted by Crippen LogP contribution is -2.46. The Morgan fingerprint density at radius 3 is 2.61 bits per heavy atom. The van der Waals surface area contributed by atoms with E-state index in [1.807, 2.05) is 69.7 Å². The summed E-state index contributed by atoms with van der Waals surface area (Å²) in [6, 6.07) is 13.9. The van der Waals surface area contributed by atoms with Crippen molar-refractivity contribution in [1.82, 2.24) is 20.0 Å². The van der Waals surface area contributed by atoms with Crippen LogP contribution in [0, 0.1) is 6.92 Å². The molecule has 4 aromatic rings. The maximum absolute atomic E-state index is 13.2. The molecule has 0 aliphatic carbocycles. The lowest BCUT2D eigenvalue weighted by Gasteiger charge is -2.32. The molecule has 0 radical (unpaired) electrons. The van der Waals surface area contributed by atoms with Crippen molar-refractivity contribution < 1.29 is 9.59 Å². The molecule has 158 valence electrons. The van der Waals surface area contributed by atoms with Crippen LogP contribution in [0.1, 0.15) is 38.6 Å². The van der Waals surface area contributed by atoms with Crippen LogP contribution < -0.4 is 5.32 Å². The standard InChI is InChI=1S/C23H22N4O2S2/c1-15-19-13-20(31-23(19)27(25-15)18-5-3-2-4-6-18)22(29)26-10-7-17(8-11-26)24-21(28)16-9-12-30-14-16/h2-6,9,12-14,17H,7-8,10-11H2,1H3,(H,24,28). The first kappa shape index (κ1) is 20.0. The smallest absolute Gasteiger partial charge is 0.264 e. The van der Waals surface area contributed by atoms with Gasteiger partial charge in [-0.1, -0.05) is 18.2 Å². The molecule has 1 fully saturated rings. The van der Waals surface area contributed by atoms with Crippen molar-refractivity contribution in [3.63, 3.8) is 0 Å². The van der Waals surface area contributed by atoms with Crippen molar-refractivity contribution >= 4 is 44.7 Å². The molecule has 3 aromatic heterocycles. The molecular formula is C23H22N4O2S2. The van der Waals surface area contributed by atoms with Gasteiger partial charge in [-0.25, -0.2) is 4.68 Å². The molecule has 1 aromatic carbocycles. The number of carbonyl (C=O) groups is 2. The molecule has 1 aliphatic heterocycles. The largest absolute Gasteiger partial charge is 0.349 e. The topological polar surface area (TPSA) is 67.2 Å². The fraction of sp³-hybridized carbons (Fsp3) is 0.261. The number of aryl methyl sites for hydroxylation is 1. The number of aromatic nitrogens is 2. The maximum atomic E-state index is 13.2. The minimum Gasteiger partial charge on any atom is -0.349 e. The van der Waals surface area contributed by atoms with Crippen LogP contribution in [0.15, 0.2) is 53.2 Å². The summed E-state index contributed by atoms with van der Waals surface area (Å²) in [6.45, 7) is 3.27. The highest BCUT2D eigenvalue weighted by Crippen LogP contribution is 2.31. The molecular weight excluding hydrogens is 428 g/mol. The summed E-state index contributed by atoms with van der Waals surface area (Å²) in [5, 5.41) is 12.5. The molecule has 6 nitrogen and oxygen atoms in total. The Hall–Kier alpha value is -2.97. The molecule has 0 saturated carbocycles. The number of carbonyl (C=O) groups excluding carboxylic acids is 2. The summed E-state index contributed by atoms with van der Waals surface area (Å²) in [7, 11) is 0. The van der Waals surface area contributed by atoms with Gasteiger partial charge in [0.05, 0.1) is 16.3 Å². The van der Waals surface area contributed by atoms with Crippen LogP contribution in [-0.4, -0.2) is 45.6 Å². The highest BCUT2D eigenvalue weighted by atomic mass is 32.1. The van der Waals surface area contributed by atoms with E-state index in [2.05, 4.69) is 10.4 Å². The average Bonchev–Trinajstić information content (AvgIpc) is 3.53. The molecule has 8 heteroatoms. The van der Waals surface area contributed by atoms with Gasteiger partial charge in [0.1, 0.15) is 4.83 Å². The first-order valence-corrected chi connectivity index (χ1v) is 12.0. The van der Waals surface area contributed by atoms with Crippen LogP contribution in [0.2, 0.25) is 0 Å². The summed E-state index contributed by atoms with van der Waals surface area (Å²) in [5.41, 5.74) is 2.62.